The average Bonchev–Trinajstić information content (AvgIpc) is 2.58. The molecule has 0 aromatic heterocycles. The Hall–Kier alpha value is -2.66. The minimum Gasteiger partial charge on any atom is -0.328 e. The van der Waals surface area contributed by atoms with Gasteiger partial charge in [0.2, 0.25) is 5.91 Å². The van der Waals surface area contributed by atoms with Crippen LogP contribution < -0.4 is 10.6 Å². The van der Waals surface area contributed by atoms with Crippen molar-refractivity contribution in [2.24, 2.45) is 10.9 Å². The number of nitrogens with one attached hydrogen (secondary N) is 2. The first-order valence-corrected chi connectivity index (χ1v) is 8.73. The third-order valence-electron chi connectivity index (χ3n) is 4.69. The lowest BCUT2D eigenvalue weighted by Crippen LogP contribution is -2.45. The highest BCUT2D eigenvalue weighted by atomic mass is 35.5. The Morgan fingerprint density at radius 3 is 2.62 bits per heavy atom. The number of benzene rings is 2. The van der Waals surface area contributed by atoms with Gasteiger partial charge in [-0.05, 0) is 55.7 Å². The molecule has 0 saturated carbocycles. The summed E-state index contributed by atoms with van der Waals surface area (Å²) in [7, 11) is 0. The first-order valence-electron chi connectivity index (χ1n) is 8.35. The molecule has 1 aliphatic rings. The average molecular weight is 370 g/mol. The SMILES string of the molecule is CC1=NC(=O)NC(c2cccc(Cl)c2)C1C(=O)Nc1cccc(C)c1C. The summed E-state index contributed by atoms with van der Waals surface area (Å²) in [5, 5.41) is 6.31. The number of halogens is 1. The van der Waals surface area contributed by atoms with Gasteiger partial charge in [-0.3, -0.25) is 4.79 Å². The van der Waals surface area contributed by atoms with Crippen molar-refractivity contribution in [3.05, 3.63) is 64.2 Å². The lowest BCUT2D eigenvalue weighted by atomic mass is 9.87. The summed E-state index contributed by atoms with van der Waals surface area (Å²) in [6, 6.07) is 11.9. The molecule has 2 aromatic carbocycles. The highest BCUT2D eigenvalue weighted by Gasteiger charge is 2.37. The van der Waals surface area contributed by atoms with Gasteiger partial charge in [-0.1, -0.05) is 35.9 Å². The number of aliphatic imine (C=N–C) groups is 1. The highest BCUT2D eigenvalue weighted by molar-refractivity contribution is 6.30. The van der Waals surface area contributed by atoms with Crippen molar-refractivity contribution in [1.29, 1.82) is 0 Å². The van der Waals surface area contributed by atoms with Gasteiger partial charge in [0.15, 0.2) is 0 Å². The van der Waals surface area contributed by atoms with Crippen LogP contribution in [-0.4, -0.2) is 17.6 Å². The second kappa shape index (κ2) is 7.30. The van der Waals surface area contributed by atoms with E-state index in [1.807, 2.05) is 38.1 Å². The van der Waals surface area contributed by atoms with Crippen LogP contribution in [0.1, 0.15) is 29.7 Å². The van der Waals surface area contributed by atoms with E-state index in [1.54, 1.807) is 25.1 Å². The van der Waals surface area contributed by atoms with E-state index < -0.39 is 18.0 Å². The van der Waals surface area contributed by atoms with Gasteiger partial charge in [0.05, 0.1) is 6.04 Å². The first kappa shape index (κ1) is 18.1. The molecular formula is C20H20ClN3O2. The molecule has 2 aromatic rings. The number of urea groups is 1. The molecule has 5 nitrogen and oxygen atoms in total. The van der Waals surface area contributed by atoms with Crippen LogP contribution >= 0.6 is 11.6 Å². The molecule has 26 heavy (non-hydrogen) atoms. The summed E-state index contributed by atoms with van der Waals surface area (Å²) in [4.78, 5) is 28.9. The topological polar surface area (TPSA) is 70.6 Å². The van der Waals surface area contributed by atoms with Gasteiger partial charge >= 0.3 is 6.03 Å². The molecule has 1 aliphatic heterocycles. The minimum absolute atomic E-state index is 0.218. The predicted molar refractivity (Wildman–Crippen MR) is 104 cm³/mol. The van der Waals surface area contributed by atoms with E-state index in [-0.39, 0.29) is 5.91 Å². The van der Waals surface area contributed by atoms with E-state index in [0.717, 1.165) is 22.4 Å². The Morgan fingerprint density at radius 2 is 1.88 bits per heavy atom. The minimum atomic E-state index is -0.619. The summed E-state index contributed by atoms with van der Waals surface area (Å²) in [6.45, 7) is 5.65. The van der Waals surface area contributed by atoms with Crippen molar-refractivity contribution in [3.8, 4) is 0 Å². The van der Waals surface area contributed by atoms with Crippen molar-refractivity contribution in [2.75, 3.05) is 5.32 Å². The van der Waals surface area contributed by atoms with E-state index in [4.69, 9.17) is 11.6 Å². The van der Waals surface area contributed by atoms with Crippen LogP contribution in [0.2, 0.25) is 5.02 Å². The molecule has 0 saturated heterocycles. The monoisotopic (exact) mass is 369 g/mol. The van der Waals surface area contributed by atoms with Gasteiger partial charge in [0, 0.05) is 16.4 Å². The van der Waals surface area contributed by atoms with Gasteiger partial charge in [-0.15, -0.1) is 0 Å². The van der Waals surface area contributed by atoms with E-state index >= 15 is 0 Å². The number of nitrogens with zero attached hydrogens (tertiary/aromatic N) is 1. The zero-order chi connectivity index (χ0) is 18.8. The van der Waals surface area contributed by atoms with Gasteiger partial charge in [-0.2, -0.15) is 0 Å². The number of amides is 3. The van der Waals surface area contributed by atoms with Gasteiger partial charge in [0.1, 0.15) is 5.92 Å². The summed E-state index contributed by atoms with van der Waals surface area (Å²) >= 11 is 6.09. The zero-order valence-electron chi connectivity index (χ0n) is 14.8. The predicted octanol–water partition coefficient (Wildman–Crippen LogP) is 4.44. The van der Waals surface area contributed by atoms with Crippen molar-refractivity contribution in [1.82, 2.24) is 5.32 Å². The highest BCUT2D eigenvalue weighted by Crippen LogP contribution is 2.30. The molecule has 2 unspecified atom stereocenters. The molecule has 6 heteroatoms. The van der Waals surface area contributed by atoms with Crippen molar-refractivity contribution < 1.29 is 9.59 Å². The number of rotatable bonds is 3. The summed E-state index contributed by atoms with van der Waals surface area (Å²) in [5.41, 5.74) is 4.10. The lowest BCUT2D eigenvalue weighted by Gasteiger charge is -2.30. The molecular weight excluding hydrogens is 350 g/mol. The second-order valence-corrected chi connectivity index (χ2v) is 6.89. The number of aryl methyl sites for hydroxylation is 1. The van der Waals surface area contributed by atoms with E-state index in [2.05, 4.69) is 15.6 Å². The molecule has 3 rings (SSSR count). The fraction of sp³-hybridized carbons (Fsp3) is 0.250. The van der Waals surface area contributed by atoms with Crippen LogP contribution in [0.25, 0.3) is 0 Å². The molecule has 0 radical (unpaired) electrons. The smallest absolute Gasteiger partial charge is 0.328 e. The lowest BCUT2D eigenvalue weighted by molar-refractivity contribution is -0.118. The standard InChI is InChI=1S/C20H20ClN3O2/c1-11-6-4-9-16(12(11)2)23-19(25)17-13(3)22-20(26)24-18(17)14-7-5-8-15(21)10-14/h4-10,17-18H,1-3H3,(H,23,25)(H,24,26). The molecule has 0 fully saturated rings. The van der Waals surface area contributed by atoms with Crippen LogP contribution in [-0.2, 0) is 4.79 Å². The third-order valence-corrected chi connectivity index (χ3v) is 4.93. The second-order valence-electron chi connectivity index (χ2n) is 6.45. The molecule has 0 bridgehead atoms. The van der Waals surface area contributed by atoms with Crippen LogP contribution in [0.5, 0.6) is 0 Å². The maximum atomic E-state index is 13.0. The first-order chi connectivity index (χ1) is 12.4. The van der Waals surface area contributed by atoms with Crippen LogP contribution in [0, 0.1) is 19.8 Å². The molecule has 1 heterocycles. The van der Waals surface area contributed by atoms with E-state index in [9.17, 15) is 9.59 Å². The Bertz CT molecular complexity index is 908. The van der Waals surface area contributed by atoms with Crippen molar-refractivity contribution in [3.63, 3.8) is 0 Å². The fourth-order valence-electron chi connectivity index (χ4n) is 3.13. The Kier molecular flexibility index (Phi) is 5.09. The number of hydrogen-bond acceptors (Lipinski definition) is 2. The van der Waals surface area contributed by atoms with Crippen LogP contribution in [0.4, 0.5) is 10.5 Å². The summed E-state index contributed by atoms with van der Waals surface area (Å²) < 4.78 is 0. The molecule has 0 spiro atoms. The maximum absolute atomic E-state index is 13.0. The molecule has 2 N–H and O–H groups in total. The molecule has 134 valence electrons. The largest absolute Gasteiger partial charge is 0.341 e. The molecule has 0 aliphatic carbocycles. The quantitative estimate of drug-likeness (QED) is 0.839. The normalized spacial score (nSPS) is 19.5. The van der Waals surface area contributed by atoms with Gasteiger partial charge < -0.3 is 10.6 Å². The van der Waals surface area contributed by atoms with Gasteiger partial charge in [-0.25, -0.2) is 9.79 Å². The Labute approximate surface area is 157 Å². The van der Waals surface area contributed by atoms with Gasteiger partial charge in [0.25, 0.3) is 0 Å². The maximum Gasteiger partial charge on any atom is 0.341 e. The molecule has 3 amide bonds. The number of anilines is 1. The zero-order valence-corrected chi connectivity index (χ0v) is 15.6. The number of carbonyl (C=O) groups is 2. The van der Waals surface area contributed by atoms with E-state index in [1.165, 1.54) is 0 Å². The Balaban J connectivity index is 1.95. The number of carbonyl (C=O) groups excluding carboxylic acids is 2. The van der Waals surface area contributed by atoms with Crippen molar-refractivity contribution in [2.45, 2.75) is 26.8 Å². The third kappa shape index (κ3) is 3.63. The summed E-state index contributed by atoms with van der Waals surface area (Å²) in [6.07, 6.45) is 0. The fourth-order valence-corrected chi connectivity index (χ4v) is 3.33. The summed E-state index contributed by atoms with van der Waals surface area (Å²) in [5.74, 6) is -0.837. The van der Waals surface area contributed by atoms with Crippen molar-refractivity contribution >= 4 is 34.9 Å². The van der Waals surface area contributed by atoms with Crippen LogP contribution in [0.3, 0.4) is 0 Å². The molecule has 2 atom stereocenters. The van der Waals surface area contributed by atoms with E-state index in [0.29, 0.717) is 10.7 Å². The number of hydrogen-bond donors (Lipinski definition) is 2. The Morgan fingerprint density at radius 1 is 1.15 bits per heavy atom. The van der Waals surface area contributed by atoms with Crippen LogP contribution in [0.15, 0.2) is 47.5 Å².